The van der Waals surface area contributed by atoms with E-state index in [4.69, 9.17) is 16.3 Å². The zero-order valence-corrected chi connectivity index (χ0v) is 17.5. The summed E-state index contributed by atoms with van der Waals surface area (Å²) in [6.07, 6.45) is 3.80. The molecule has 8 heteroatoms. The van der Waals surface area contributed by atoms with Crippen molar-refractivity contribution in [2.45, 2.75) is 18.9 Å². The fraction of sp³-hybridized carbons (Fsp3) is 0.409. The Morgan fingerprint density at radius 1 is 1.17 bits per heavy atom. The maximum Gasteiger partial charge on any atom is 0.255 e. The van der Waals surface area contributed by atoms with Crippen molar-refractivity contribution in [2.24, 2.45) is 0 Å². The number of carbonyl (C=O) groups is 2. The second kappa shape index (κ2) is 9.45. The molecule has 2 amide bonds. The lowest BCUT2D eigenvalue weighted by molar-refractivity contribution is 0.0745. The van der Waals surface area contributed by atoms with Crippen molar-refractivity contribution in [1.29, 1.82) is 0 Å². The van der Waals surface area contributed by atoms with Gasteiger partial charge in [0.15, 0.2) is 0 Å². The predicted octanol–water partition coefficient (Wildman–Crippen LogP) is 2.61. The van der Waals surface area contributed by atoms with E-state index < -0.39 is 0 Å². The number of anilines is 1. The summed E-state index contributed by atoms with van der Waals surface area (Å²) < 4.78 is 5.58. The van der Waals surface area contributed by atoms with Gasteiger partial charge in [0.2, 0.25) is 0 Å². The number of hydrogen-bond donors (Lipinski definition) is 1. The smallest absolute Gasteiger partial charge is 0.255 e. The first-order chi connectivity index (χ1) is 14.6. The maximum atomic E-state index is 12.7. The van der Waals surface area contributed by atoms with Crippen LogP contribution in [0.5, 0.6) is 0 Å². The molecule has 3 heterocycles. The van der Waals surface area contributed by atoms with E-state index in [0.717, 1.165) is 19.4 Å². The van der Waals surface area contributed by atoms with Gasteiger partial charge < -0.3 is 19.9 Å². The van der Waals surface area contributed by atoms with Gasteiger partial charge in [-0.05, 0) is 43.2 Å². The number of nitrogens with zero attached hydrogens (tertiary/aromatic N) is 3. The molecule has 2 aromatic rings. The van der Waals surface area contributed by atoms with Crippen LogP contribution in [0.3, 0.4) is 0 Å². The molecular weight excluding hydrogens is 404 g/mol. The molecule has 0 saturated carbocycles. The van der Waals surface area contributed by atoms with E-state index >= 15 is 0 Å². The molecule has 2 aliphatic rings. The Balaban J connectivity index is 1.38. The summed E-state index contributed by atoms with van der Waals surface area (Å²) in [5.74, 6) is 0.468. The Bertz CT molecular complexity index is 909. The van der Waals surface area contributed by atoms with Crippen molar-refractivity contribution >= 4 is 29.2 Å². The van der Waals surface area contributed by atoms with Gasteiger partial charge in [0.1, 0.15) is 5.82 Å². The number of amides is 2. The van der Waals surface area contributed by atoms with Crippen LogP contribution < -0.4 is 10.2 Å². The first-order valence-corrected chi connectivity index (χ1v) is 10.6. The average Bonchev–Trinajstić information content (AvgIpc) is 3.31. The molecular formula is C22H25ClN4O3. The van der Waals surface area contributed by atoms with Crippen molar-refractivity contribution in [3.63, 3.8) is 0 Å². The topological polar surface area (TPSA) is 74.8 Å². The quantitative estimate of drug-likeness (QED) is 0.792. The van der Waals surface area contributed by atoms with Gasteiger partial charge in [-0.25, -0.2) is 4.98 Å². The van der Waals surface area contributed by atoms with Crippen LogP contribution in [0.15, 0.2) is 42.6 Å². The van der Waals surface area contributed by atoms with Gasteiger partial charge in [0.05, 0.1) is 11.7 Å². The standard InChI is InChI=1S/C22H25ClN4O3/c23-17-5-1-4-16(14-17)22(29)27-11-9-26(10-12-27)20-19(7-2-8-24-20)21(28)25-15-18-6-3-13-30-18/h1-2,4-5,7-8,14,18H,3,6,9-13,15H2,(H,25,28)/t18-/m1/s1. The van der Waals surface area contributed by atoms with Crippen molar-refractivity contribution in [1.82, 2.24) is 15.2 Å². The predicted molar refractivity (Wildman–Crippen MR) is 115 cm³/mol. The van der Waals surface area contributed by atoms with E-state index in [1.807, 2.05) is 4.90 Å². The molecule has 0 spiro atoms. The number of aromatic nitrogens is 1. The highest BCUT2D eigenvalue weighted by atomic mass is 35.5. The van der Waals surface area contributed by atoms with E-state index in [0.29, 0.717) is 54.7 Å². The lowest BCUT2D eigenvalue weighted by atomic mass is 10.1. The third-order valence-corrected chi connectivity index (χ3v) is 5.72. The number of rotatable bonds is 5. The minimum atomic E-state index is -0.147. The molecule has 1 aromatic heterocycles. The van der Waals surface area contributed by atoms with Gasteiger partial charge in [-0.3, -0.25) is 9.59 Å². The summed E-state index contributed by atoms with van der Waals surface area (Å²) >= 11 is 6.01. The third-order valence-electron chi connectivity index (χ3n) is 5.48. The molecule has 1 aromatic carbocycles. The van der Waals surface area contributed by atoms with Gasteiger partial charge in [-0.1, -0.05) is 17.7 Å². The molecule has 0 radical (unpaired) electrons. The summed E-state index contributed by atoms with van der Waals surface area (Å²) in [6.45, 7) is 3.59. The van der Waals surface area contributed by atoms with Gasteiger partial charge in [-0.15, -0.1) is 0 Å². The molecule has 2 fully saturated rings. The number of halogens is 1. The lowest BCUT2D eigenvalue weighted by Crippen LogP contribution is -2.49. The molecule has 4 rings (SSSR count). The molecule has 0 unspecified atom stereocenters. The summed E-state index contributed by atoms with van der Waals surface area (Å²) in [5, 5.41) is 3.51. The van der Waals surface area contributed by atoms with Crippen molar-refractivity contribution in [3.05, 3.63) is 58.7 Å². The van der Waals surface area contributed by atoms with Gasteiger partial charge in [0, 0.05) is 56.1 Å². The third kappa shape index (κ3) is 4.74. The minimum Gasteiger partial charge on any atom is -0.376 e. The van der Waals surface area contributed by atoms with Crippen LogP contribution in [0.4, 0.5) is 5.82 Å². The number of benzene rings is 1. The number of piperazine rings is 1. The van der Waals surface area contributed by atoms with Crippen LogP contribution in [0.2, 0.25) is 5.02 Å². The molecule has 1 atom stereocenters. The minimum absolute atomic E-state index is 0.0345. The molecule has 1 N–H and O–H groups in total. The first-order valence-electron chi connectivity index (χ1n) is 10.3. The molecule has 158 valence electrons. The Hall–Kier alpha value is -2.64. The zero-order chi connectivity index (χ0) is 20.9. The number of pyridine rings is 1. The number of nitrogens with one attached hydrogen (secondary N) is 1. The van der Waals surface area contributed by atoms with Gasteiger partial charge in [0.25, 0.3) is 11.8 Å². The van der Waals surface area contributed by atoms with Crippen LogP contribution in [0, 0.1) is 0 Å². The molecule has 30 heavy (non-hydrogen) atoms. The maximum absolute atomic E-state index is 12.7. The molecule has 2 saturated heterocycles. The largest absolute Gasteiger partial charge is 0.376 e. The first kappa shape index (κ1) is 20.6. The van der Waals surface area contributed by atoms with Crippen LogP contribution in [0.1, 0.15) is 33.6 Å². The number of hydrogen-bond acceptors (Lipinski definition) is 5. The molecule has 7 nitrogen and oxygen atoms in total. The van der Waals surface area contributed by atoms with Crippen LogP contribution >= 0.6 is 11.6 Å². The molecule has 2 aliphatic heterocycles. The Morgan fingerprint density at radius 3 is 2.73 bits per heavy atom. The van der Waals surface area contributed by atoms with Crippen molar-refractivity contribution in [3.8, 4) is 0 Å². The SMILES string of the molecule is O=C(NC[C@H]1CCCO1)c1cccnc1N1CCN(C(=O)c2cccc(Cl)c2)CC1. The second-order valence-electron chi connectivity index (χ2n) is 7.51. The van der Waals surface area contributed by atoms with E-state index in [-0.39, 0.29) is 17.9 Å². The summed E-state index contributed by atoms with van der Waals surface area (Å²) in [5.41, 5.74) is 1.13. The number of ether oxygens (including phenoxy) is 1. The monoisotopic (exact) mass is 428 g/mol. The van der Waals surface area contributed by atoms with Crippen LogP contribution in [-0.4, -0.2) is 67.1 Å². The van der Waals surface area contributed by atoms with Crippen LogP contribution in [0.25, 0.3) is 0 Å². The zero-order valence-electron chi connectivity index (χ0n) is 16.7. The van der Waals surface area contributed by atoms with Gasteiger partial charge >= 0.3 is 0 Å². The Kier molecular flexibility index (Phi) is 6.50. The highest BCUT2D eigenvalue weighted by Gasteiger charge is 2.26. The van der Waals surface area contributed by atoms with Crippen molar-refractivity contribution in [2.75, 3.05) is 44.2 Å². The summed E-state index contributed by atoms with van der Waals surface area (Å²) in [4.78, 5) is 33.8. The normalized spacial score (nSPS) is 19.0. The highest BCUT2D eigenvalue weighted by molar-refractivity contribution is 6.30. The van der Waals surface area contributed by atoms with E-state index in [1.165, 1.54) is 0 Å². The number of carbonyl (C=O) groups excluding carboxylic acids is 2. The lowest BCUT2D eigenvalue weighted by Gasteiger charge is -2.36. The van der Waals surface area contributed by atoms with Crippen LogP contribution in [-0.2, 0) is 4.74 Å². The fourth-order valence-electron chi connectivity index (χ4n) is 3.86. The molecule has 0 aliphatic carbocycles. The van der Waals surface area contributed by atoms with E-state index in [2.05, 4.69) is 15.2 Å². The Labute approximate surface area is 181 Å². The van der Waals surface area contributed by atoms with E-state index in [9.17, 15) is 9.59 Å². The summed E-state index contributed by atoms with van der Waals surface area (Å²) in [7, 11) is 0. The van der Waals surface area contributed by atoms with E-state index in [1.54, 1.807) is 42.6 Å². The van der Waals surface area contributed by atoms with Crippen molar-refractivity contribution < 1.29 is 14.3 Å². The highest BCUT2D eigenvalue weighted by Crippen LogP contribution is 2.21. The Morgan fingerprint density at radius 2 is 2.00 bits per heavy atom. The van der Waals surface area contributed by atoms with Gasteiger partial charge in [-0.2, -0.15) is 0 Å². The molecule has 0 bridgehead atoms. The summed E-state index contributed by atoms with van der Waals surface area (Å²) in [6, 6.07) is 10.5. The average molecular weight is 429 g/mol. The fourth-order valence-corrected chi connectivity index (χ4v) is 4.05. The second-order valence-corrected chi connectivity index (χ2v) is 7.95.